The maximum atomic E-state index is 12.6. The summed E-state index contributed by atoms with van der Waals surface area (Å²) in [5, 5.41) is 2.85. The molecular weight excluding hydrogens is 406 g/mol. The number of nitrogens with zero attached hydrogens (tertiary/aromatic N) is 1. The van der Waals surface area contributed by atoms with Crippen molar-refractivity contribution in [3.8, 4) is 11.1 Å². The summed E-state index contributed by atoms with van der Waals surface area (Å²) in [6, 6.07) is 15.8. The minimum atomic E-state index is -0.577. The average molecular weight is 438 g/mol. The molecule has 4 rings (SSSR count). The first-order chi connectivity index (χ1) is 15.2. The molecule has 1 fully saturated rings. The lowest BCUT2D eigenvalue weighted by Crippen LogP contribution is -2.59. The number of fused-ring (bicyclic) bond motifs is 3. The van der Waals surface area contributed by atoms with Crippen molar-refractivity contribution >= 4 is 12.2 Å². The SMILES string of the molecule is CC(C)(C)OC(=O)N1CC[C@H](N)[C@H](NC(=O)OCC2c3ccccc3-c3ccccc32)C1. The second kappa shape index (κ2) is 8.82. The second-order valence-corrected chi connectivity index (χ2v) is 9.46. The molecule has 2 amide bonds. The van der Waals surface area contributed by atoms with Crippen LogP contribution < -0.4 is 11.1 Å². The van der Waals surface area contributed by atoms with E-state index in [2.05, 4.69) is 29.6 Å². The van der Waals surface area contributed by atoms with E-state index in [1.165, 1.54) is 11.1 Å². The van der Waals surface area contributed by atoms with Gasteiger partial charge in [-0.25, -0.2) is 9.59 Å². The van der Waals surface area contributed by atoms with E-state index in [1.54, 1.807) is 4.90 Å². The molecule has 1 saturated heterocycles. The van der Waals surface area contributed by atoms with E-state index >= 15 is 0 Å². The number of alkyl carbamates (subject to hydrolysis) is 1. The largest absolute Gasteiger partial charge is 0.449 e. The molecule has 0 radical (unpaired) electrons. The van der Waals surface area contributed by atoms with E-state index < -0.39 is 23.8 Å². The van der Waals surface area contributed by atoms with Crippen LogP contribution in [0.1, 0.15) is 44.2 Å². The molecule has 170 valence electrons. The highest BCUT2D eigenvalue weighted by atomic mass is 16.6. The smallest absolute Gasteiger partial charge is 0.410 e. The van der Waals surface area contributed by atoms with Crippen LogP contribution in [0.3, 0.4) is 0 Å². The minimum absolute atomic E-state index is 0.00792. The van der Waals surface area contributed by atoms with Crippen molar-refractivity contribution in [2.45, 2.75) is 50.8 Å². The molecule has 3 N–H and O–H groups in total. The number of nitrogens with two attached hydrogens (primary N) is 1. The molecule has 1 aliphatic heterocycles. The molecule has 0 unspecified atom stereocenters. The molecule has 1 heterocycles. The molecule has 7 nitrogen and oxygen atoms in total. The van der Waals surface area contributed by atoms with Gasteiger partial charge in [0, 0.05) is 25.0 Å². The Balaban J connectivity index is 1.37. The summed E-state index contributed by atoms with van der Waals surface area (Å²) in [7, 11) is 0. The number of likely N-dealkylation sites (tertiary alicyclic amines) is 1. The molecule has 0 saturated carbocycles. The van der Waals surface area contributed by atoms with Crippen molar-refractivity contribution in [1.82, 2.24) is 10.2 Å². The number of carbonyl (C=O) groups excluding carboxylic acids is 2. The van der Waals surface area contributed by atoms with E-state index in [0.717, 1.165) is 11.1 Å². The molecule has 32 heavy (non-hydrogen) atoms. The standard InChI is InChI=1S/C25H31N3O4/c1-25(2,3)32-24(30)28-13-12-21(26)22(14-28)27-23(29)31-15-20-18-10-6-4-8-16(18)17-9-5-7-11-19(17)20/h4-11,20-22H,12-15,26H2,1-3H3,(H,27,29)/t21-,22+/m0/s1. The van der Waals surface area contributed by atoms with Crippen LogP contribution in [0.5, 0.6) is 0 Å². The maximum Gasteiger partial charge on any atom is 0.410 e. The first kappa shape index (κ1) is 22.1. The highest BCUT2D eigenvalue weighted by molar-refractivity contribution is 5.79. The van der Waals surface area contributed by atoms with Crippen LogP contribution >= 0.6 is 0 Å². The van der Waals surface area contributed by atoms with Crippen molar-refractivity contribution in [2.24, 2.45) is 5.73 Å². The van der Waals surface area contributed by atoms with Gasteiger partial charge in [-0.05, 0) is 49.4 Å². The summed E-state index contributed by atoms with van der Waals surface area (Å²) in [5.74, 6) is -0.00792. The molecule has 2 aromatic rings. The monoisotopic (exact) mass is 437 g/mol. The second-order valence-electron chi connectivity index (χ2n) is 9.46. The van der Waals surface area contributed by atoms with Crippen LogP contribution in [0, 0.1) is 0 Å². The van der Waals surface area contributed by atoms with Gasteiger partial charge in [-0.15, -0.1) is 0 Å². The third-order valence-corrected chi connectivity index (χ3v) is 5.96. The Morgan fingerprint density at radius 1 is 1.06 bits per heavy atom. The zero-order valence-corrected chi connectivity index (χ0v) is 18.8. The lowest BCUT2D eigenvalue weighted by atomic mass is 9.98. The number of hydrogen-bond donors (Lipinski definition) is 2. The number of piperidine rings is 1. The maximum absolute atomic E-state index is 12.6. The Morgan fingerprint density at radius 2 is 1.66 bits per heavy atom. The number of hydrogen-bond acceptors (Lipinski definition) is 5. The van der Waals surface area contributed by atoms with Crippen LogP contribution in [0.15, 0.2) is 48.5 Å². The van der Waals surface area contributed by atoms with Crippen molar-refractivity contribution in [3.63, 3.8) is 0 Å². The lowest BCUT2D eigenvalue weighted by molar-refractivity contribution is 0.0170. The summed E-state index contributed by atoms with van der Waals surface area (Å²) in [5.41, 5.74) is 10.3. The Kier molecular flexibility index (Phi) is 6.11. The molecule has 2 aliphatic rings. The Hall–Kier alpha value is -3.06. The van der Waals surface area contributed by atoms with Gasteiger partial charge in [-0.3, -0.25) is 0 Å². The predicted molar refractivity (Wildman–Crippen MR) is 122 cm³/mol. The molecule has 0 bridgehead atoms. The first-order valence-corrected chi connectivity index (χ1v) is 11.1. The van der Waals surface area contributed by atoms with Gasteiger partial charge in [0.05, 0.1) is 6.04 Å². The number of amides is 2. The van der Waals surface area contributed by atoms with E-state index in [0.29, 0.717) is 19.5 Å². The number of rotatable bonds is 3. The van der Waals surface area contributed by atoms with Gasteiger partial charge in [0.1, 0.15) is 12.2 Å². The Labute approximate surface area is 188 Å². The quantitative estimate of drug-likeness (QED) is 0.760. The van der Waals surface area contributed by atoms with E-state index in [9.17, 15) is 9.59 Å². The fourth-order valence-corrected chi connectivity index (χ4v) is 4.41. The van der Waals surface area contributed by atoms with Crippen molar-refractivity contribution in [3.05, 3.63) is 59.7 Å². The molecule has 2 aromatic carbocycles. The third-order valence-electron chi connectivity index (χ3n) is 5.96. The fourth-order valence-electron chi connectivity index (χ4n) is 4.41. The van der Waals surface area contributed by atoms with E-state index in [4.69, 9.17) is 15.2 Å². The van der Waals surface area contributed by atoms with E-state index in [-0.39, 0.29) is 18.6 Å². The van der Waals surface area contributed by atoms with Gasteiger partial charge < -0.3 is 25.4 Å². The molecule has 0 aromatic heterocycles. The third kappa shape index (κ3) is 4.72. The van der Waals surface area contributed by atoms with Crippen LogP contribution in [0.25, 0.3) is 11.1 Å². The fraction of sp³-hybridized carbons (Fsp3) is 0.440. The molecule has 7 heteroatoms. The highest BCUT2D eigenvalue weighted by Crippen LogP contribution is 2.44. The first-order valence-electron chi connectivity index (χ1n) is 11.1. The zero-order chi connectivity index (χ0) is 22.9. The van der Waals surface area contributed by atoms with E-state index in [1.807, 2.05) is 45.0 Å². The summed E-state index contributed by atoms with van der Waals surface area (Å²) >= 11 is 0. The summed E-state index contributed by atoms with van der Waals surface area (Å²) in [6.07, 6.45) is -0.352. The predicted octanol–water partition coefficient (Wildman–Crippen LogP) is 3.86. The number of carbonyl (C=O) groups is 2. The average Bonchev–Trinajstić information content (AvgIpc) is 3.06. The minimum Gasteiger partial charge on any atom is -0.449 e. The molecular formula is C25H31N3O4. The molecule has 1 aliphatic carbocycles. The summed E-state index contributed by atoms with van der Waals surface area (Å²) < 4.78 is 11.1. The van der Waals surface area contributed by atoms with Crippen LogP contribution in [-0.4, -0.2) is 54.5 Å². The van der Waals surface area contributed by atoms with Crippen molar-refractivity contribution in [1.29, 1.82) is 0 Å². The topological polar surface area (TPSA) is 93.9 Å². The van der Waals surface area contributed by atoms with Crippen molar-refractivity contribution < 1.29 is 19.1 Å². The van der Waals surface area contributed by atoms with Gasteiger partial charge in [-0.2, -0.15) is 0 Å². The number of ether oxygens (including phenoxy) is 2. The number of benzene rings is 2. The van der Waals surface area contributed by atoms with Gasteiger partial charge in [0.2, 0.25) is 0 Å². The van der Waals surface area contributed by atoms with Gasteiger partial charge in [0.15, 0.2) is 0 Å². The normalized spacial score (nSPS) is 20.3. The molecule has 0 spiro atoms. The van der Waals surface area contributed by atoms with Crippen LogP contribution in [0.4, 0.5) is 9.59 Å². The van der Waals surface area contributed by atoms with Crippen molar-refractivity contribution in [2.75, 3.05) is 19.7 Å². The molecule has 2 atom stereocenters. The van der Waals surface area contributed by atoms with Gasteiger partial charge >= 0.3 is 12.2 Å². The Morgan fingerprint density at radius 3 is 2.25 bits per heavy atom. The highest BCUT2D eigenvalue weighted by Gasteiger charge is 2.34. The zero-order valence-electron chi connectivity index (χ0n) is 18.8. The van der Waals surface area contributed by atoms with Gasteiger partial charge in [-0.1, -0.05) is 48.5 Å². The summed E-state index contributed by atoms with van der Waals surface area (Å²) in [4.78, 5) is 26.6. The Bertz CT molecular complexity index is 955. The van der Waals surface area contributed by atoms with Gasteiger partial charge in [0.25, 0.3) is 0 Å². The van der Waals surface area contributed by atoms with Crippen LogP contribution in [0.2, 0.25) is 0 Å². The summed E-state index contributed by atoms with van der Waals surface area (Å²) in [6.45, 7) is 6.50. The van der Waals surface area contributed by atoms with Crippen LogP contribution in [-0.2, 0) is 9.47 Å². The lowest BCUT2D eigenvalue weighted by Gasteiger charge is -2.37. The number of nitrogens with one attached hydrogen (secondary N) is 1.